The van der Waals surface area contributed by atoms with Gasteiger partial charge in [0, 0.05) is 17.7 Å². The van der Waals surface area contributed by atoms with Crippen LogP contribution < -0.4 is 4.80 Å². The Bertz CT molecular complexity index is 913. The van der Waals surface area contributed by atoms with Crippen LogP contribution in [0.2, 0.25) is 0 Å². The standard InChI is InChI=1S/C18H18N2OS3/c1-20-15-9-8-14(22-2)10-16(15)24-18(20)19-17(21)12-23-11-13-6-4-3-5-7-13/h3-10H,11-12H2,1-2H3. The van der Waals surface area contributed by atoms with E-state index in [4.69, 9.17) is 0 Å². The first-order chi connectivity index (χ1) is 11.7. The lowest BCUT2D eigenvalue weighted by molar-refractivity contribution is -0.115. The summed E-state index contributed by atoms with van der Waals surface area (Å²) in [6, 6.07) is 16.5. The van der Waals surface area contributed by atoms with Gasteiger partial charge in [0.05, 0.1) is 16.0 Å². The Morgan fingerprint density at radius 1 is 1.21 bits per heavy atom. The van der Waals surface area contributed by atoms with Crippen molar-refractivity contribution in [1.29, 1.82) is 0 Å². The van der Waals surface area contributed by atoms with Crippen molar-refractivity contribution in [2.45, 2.75) is 10.6 Å². The van der Waals surface area contributed by atoms with Crippen LogP contribution in [0.1, 0.15) is 5.56 Å². The molecule has 0 atom stereocenters. The lowest BCUT2D eigenvalue weighted by atomic mass is 10.2. The number of hydrogen-bond donors (Lipinski definition) is 0. The van der Waals surface area contributed by atoms with Gasteiger partial charge < -0.3 is 4.57 Å². The molecule has 0 bridgehead atoms. The number of carbonyl (C=O) groups is 1. The van der Waals surface area contributed by atoms with Crippen molar-refractivity contribution in [1.82, 2.24) is 4.57 Å². The van der Waals surface area contributed by atoms with Gasteiger partial charge >= 0.3 is 0 Å². The third-order valence-corrected chi connectivity index (χ3v) is 6.38. The summed E-state index contributed by atoms with van der Waals surface area (Å²) in [6.45, 7) is 0. The molecule has 3 nitrogen and oxygen atoms in total. The van der Waals surface area contributed by atoms with Gasteiger partial charge in [-0.2, -0.15) is 4.99 Å². The largest absolute Gasteiger partial charge is 0.319 e. The molecule has 124 valence electrons. The minimum Gasteiger partial charge on any atom is -0.319 e. The van der Waals surface area contributed by atoms with Crippen molar-refractivity contribution in [2.24, 2.45) is 12.0 Å². The number of rotatable bonds is 5. The van der Waals surface area contributed by atoms with E-state index in [2.05, 4.69) is 41.6 Å². The quantitative estimate of drug-likeness (QED) is 0.624. The Morgan fingerprint density at radius 3 is 2.75 bits per heavy atom. The molecule has 1 aromatic heterocycles. The number of thioether (sulfide) groups is 2. The van der Waals surface area contributed by atoms with Crippen LogP contribution in [0.15, 0.2) is 58.4 Å². The SMILES string of the molecule is CSc1ccc2c(c1)sc(=NC(=O)CSCc1ccccc1)n2C. The molecule has 3 rings (SSSR count). The minimum atomic E-state index is -0.0804. The van der Waals surface area contributed by atoms with Gasteiger partial charge in [-0.25, -0.2) is 0 Å². The first-order valence-corrected chi connectivity index (χ1v) is 10.7. The third-order valence-electron chi connectivity index (χ3n) is 3.57. The molecule has 6 heteroatoms. The second-order valence-electron chi connectivity index (χ2n) is 5.26. The van der Waals surface area contributed by atoms with Gasteiger partial charge in [-0.3, -0.25) is 4.79 Å². The molecule has 0 fully saturated rings. The Morgan fingerprint density at radius 2 is 2.00 bits per heavy atom. The Balaban J connectivity index is 1.72. The maximum atomic E-state index is 12.2. The van der Waals surface area contributed by atoms with E-state index >= 15 is 0 Å². The van der Waals surface area contributed by atoms with Crippen LogP contribution in [0, 0.1) is 0 Å². The van der Waals surface area contributed by atoms with E-state index in [1.54, 1.807) is 34.9 Å². The Labute approximate surface area is 153 Å². The number of benzene rings is 2. The van der Waals surface area contributed by atoms with Crippen molar-refractivity contribution in [3.8, 4) is 0 Å². The Kier molecular flexibility index (Phi) is 5.81. The predicted octanol–water partition coefficient (Wildman–Crippen LogP) is 4.32. The second kappa shape index (κ2) is 8.05. The lowest BCUT2D eigenvalue weighted by Gasteiger charge is -1.99. The predicted molar refractivity (Wildman–Crippen MR) is 106 cm³/mol. The highest BCUT2D eigenvalue weighted by molar-refractivity contribution is 7.99. The van der Waals surface area contributed by atoms with Gasteiger partial charge in [0.25, 0.3) is 5.91 Å². The van der Waals surface area contributed by atoms with Crippen molar-refractivity contribution >= 4 is 51.0 Å². The first-order valence-electron chi connectivity index (χ1n) is 7.50. The summed E-state index contributed by atoms with van der Waals surface area (Å²) < 4.78 is 3.15. The number of fused-ring (bicyclic) bond motifs is 1. The van der Waals surface area contributed by atoms with E-state index in [1.807, 2.05) is 29.8 Å². The zero-order chi connectivity index (χ0) is 16.9. The summed E-state index contributed by atoms with van der Waals surface area (Å²) in [5, 5.41) is 0. The zero-order valence-corrected chi connectivity index (χ0v) is 16.0. The molecule has 0 unspecified atom stereocenters. The summed E-state index contributed by atoms with van der Waals surface area (Å²) in [5.74, 6) is 1.15. The van der Waals surface area contributed by atoms with E-state index in [0.717, 1.165) is 20.8 Å². The molecule has 2 aromatic carbocycles. The number of aromatic nitrogens is 1. The van der Waals surface area contributed by atoms with E-state index in [9.17, 15) is 4.79 Å². The van der Waals surface area contributed by atoms with Crippen LogP contribution in [0.25, 0.3) is 10.2 Å². The number of aryl methyl sites for hydroxylation is 1. The fraction of sp³-hybridized carbons (Fsp3) is 0.222. The number of amides is 1. The molecular weight excluding hydrogens is 356 g/mol. The van der Waals surface area contributed by atoms with Crippen LogP contribution >= 0.6 is 34.9 Å². The van der Waals surface area contributed by atoms with Gasteiger partial charge in [0.15, 0.2) is 4.80 Å². The fourth-order valence-corrected chi connectivity index (χ4v) is 4.68. The number of hydrogen-bond acceptors (Lipinski definition) is 4. The molecule has 0 N–H and O–H groups in total. The zero-order valence-electron chi connectivity index (χ0n) is 13.6. The molecule has 0 saturated heterocycles. The smallest absolute Gasteiger partial charge is 0.258 e. The molecule has 0 aliphatic rings. The van der Waals surface area contributed by atoms with Crippen molar-refractivity contribution < 1.29 is 4.79 Å². The molecule has 0 spiro atoms. The van der Waals surface area contributed by atoms with Gasteiger partial charge in [0.2, 0.25) is 0 Å². The Hall–Kier alpha value is -1.50. The molecule has 0 aliphatic heterocycles. The molecule has 0 radical (unpaired) electrons. The third kappa shape index (κ3) is 4.12. The maximum Gasteiger partial charge on any atom is 0.258 e. The molecule has 0 saturated carbocycles. The molecule has 0 aliphatic carbocycles. The van der Waals surface area contributed by atoms with Crippen LogP contribution in [-0.2, 0) is 17.6 Å². The average Bonchev–Trinajstić information content (AvgIpc) is 2.91. The maximum absolute atomic E-state index is 12.2. The average molecular weight is 375 g/mol. The van der Waals surface area contributed by atoms with Gasteiger partial charge in [-0.05, 0) is 30.0 Å². The first kappa shape index (κ1) is 17.3. The lowest BCUT2D eigenvalue weighted by Crippen LogP contribution is -2.14. The molecule has 1 heterocycles. The second-order valence-corrected chi connectivity index (χ2v) is 8.14. The number of nitrogens with zero attached hydrogens (tertiary/aromatic N) is 2. The van der Waals surface area contributed by atoms with E-state index in [1.165, 1.54) is 10.5 Å². The summed E-state index contributed by atoms with van der Waals surface area (Å²) in [7, 11) is 1.96. The number of carbonyl (C=O) groups excluding carboxylic acids is 1. The van der Waals surface area contributed by atoms with Gasteiger partial charge in [0.1, 0.15) is 0 Å². The topological polar surface area (TPSA) is 34.4 Å². The molecule has 3 aromatic rings. The van der Waals surface area contributed by atoms with E-state index < -0.39 is 0 Å². The summed E-state index contributed by atoms with van der Waals surface area (Å²) in [5.41, 5.74) is 2.34. The molecule has 1 amide bonds. The highest BCUT2D eigenvalue weighted by Crippen LogP contribution is 2.23. The van der Waals surface area contributed by atoms with E-state index in [0.29, 0.717) is 5.75 Å². The molecular formula is C18H18N2OS3. The monoisotopic (exact) mass is 374 g/mol. The van der Waals surface area contributed by atoms with Gasteiger partial charge in [-0.1, -0.05) is 41.7 Å². The van der Waals surface area contributed by atoms with Crippen LogP contribution in [-0.4, -0.2) is 22.5 Å². The highest BCUT2D eigenvalue weighted by Gasteiger charge is 2.06. The summed E-state index contributed by atoms with van der Waals surface area (Å²) >= 11 is 4.88. The minimum absolute atomic E-state index is 0.0804. The van der Waals surface area contributed by atoms with E-state index in [-0.39, 0.29) is 5.91 Å². The van der Waals surface area contributed by atoms with Crippen LogP contribution in [0.3, 0.4) is 0 Å². The van der Waals surface area contributed by atoms with Gasteiger partial charge in [-0.15, -0.1) is 23.5 Å². The normalized spacial score (nSPS) is 12.0. The molecule has 24 heavy (non-hydrogen) atoms. The van der Waals surface area contributed by atoms with Crippen LogP contribution in [0.5, 0.6) is 0 Å². The van der Waals surface area contributed by atoms with Crippen molar-refractivity contribution in [3.63, 3.8) is 0 Å². The van der Waals surface area contributed by atoms with Crippen LogP contribution in [0.4, 0.5) is 0 Å². The van der Waals surface area contributed by atoms with Crippen molar-refractivity contribution in [2.75, 3.05) is 12.0 Å². The highest BCUT2D eigenvalue weighted by atomic mass is 32.2. The summed E-state index contributed by atoms with van der Waals surface area (Å²) in [4.78, 5) is 18.4. The number of thiazole rings is 1. The van der Waals surface area contributed by atoms with Crippen molar-refractivity contribution in [3.05, 3.63) is 58.9 Å². The fourth-order valence-electron chi connectivity index (χ4n) is 2.32. The summed E-state index contributed by atoms with van der Waals surface area (Å²) in [6.07, 6.45) is 2.06.